The van der Waals surface area contributed by atoms with Gasteiger partial charge in [-0.1, -0.05) is 12.1 Å². The summed E-state index contributed by atoms with van der Waals surface area (Å²) in [4.78, 5) is 4.44. The molecule has 1 aromatic carbocycles. The first-order valence-corrected chi connectivity index (χ1v) is 7.12. The summed E-state index contributed by atoms with van der Waals surface area (Å²) in [5.41, 5.74) is 1.22. The highest BCUT2D eigenvalue weighted by atomic mass is 16.5. The third kappa shape index (κ3) is 3.61. The minimum atomic E-state index is 0.217. The molecule has 0 saturated heterocycles. The Morgan fingerprint density at radius 3 is 2.95 bits per heavy atom. The minimum absolute atomic E-state index is 0.217. The summed E-state index contributed by atoms with van der Waals surface area (Å²) in [7, 11) is 1.96. The van der Waals surface area contributed by atoms with Crippen molar-refractivity contribution in [3.8, 4) is 5.75 Å². The number of ether oxygens (including phenoxy) is 1. The van der Waals surface area contributed by atoms with Crippen molar-refractivity contribution in [2.75, 3.05) is 13.7 Å². The second-order valence-corrected chi connectivity index (χ2v) is 4.87. The van der Waals surface area contributed by atoms with E-state index in [0.717, 1.165) is 24.5 Å². The summed E-state index contributed by atoms with van der Waals surface area (Å²) in [6.07, 6.45) is 4.76. The van der Waals surface area contributed by atoms with Crippen LogP contribution < -0.4 is 10.1 Å². The molecule has 0 amide bonds. The molecule has 2 rings (SSSR count). The fraction of sp³-hybridized carbons (Fsp3) is 0.438. The van der Waals surface area contributed by atoms with E-state index in [1.54, 1.807) is 0 Å². The summed E-state index contributed by atoms with van der Waals surface area (Å²) in [6, 6.07) is 8.36. The molecule has 0 saturated carbocycles. The van der Waals surface area contributed by atoms with E-state index in [1.807, 2.05) is 31.6 Å². The van der Waals surface area contributed by atoms with E-state index in [1.165, 1.54) is 5.56 Å². The molecule has 0 spiro atoms. The maximum Gasteiger partial charge on any atom is 0.125 e. The largest absolute Gasteiger partial charge is 0.494 e. The van der Waals surface area contributed by atoms with Gasteiger partial charge in [-0.3, -0.25) is 0 Å². The summed E-state index contributed by atoms with van der Waals surface area (Å²) in [5, 5.41) is 3.31. The van der Waals surface area contributed by atoms with Crippen LogP contribution in [0.5, 0.6) is 5.75 Å². The monoisotopic (exact) mass is 273 g/mol. The zero-order valence-electron chi connectivity index (χ0n) is 12.5. The Morgan fingerprint density at radius 1 is 1.40 bits per heavy atom. The average Bonchev–Trinajstić information content (AvgIpc) is 2.92. The number of nitrogens with zero attached hydrogens (tertiary/aromatic N) is 2. The third-order valence-corrected chi connectivity index (χ3v) is 3.41. The fourth-order valence-corrected chi connectivity index (χ4v) is 2.30. The van der Waals surface area contributed by atoms with Gasteiger partial charge in [0.15, 0.2) is 0 Å². The van der Waals surface area contributed by atoms with Crippen LogP contribution in [0, 0.1) is 6.92 Å². The number of nitrogens with one attached hydrogen (secondary N) is 1. The smallest absolute Gasteiger partial charge is 0.125 e. The van der Waals surface area contributed by atoms with Gasteiger partial charge in [0, 0.05) is 25.4 Å². The lowest BCUT2D eigenvalue weighted by Gasteiger charge is -2.17. The lowest BCUT2D eigenvalue weighted by atomic mass is 10.2. The van der Waals surface area contributed by atoms with E-state index in [9.17, 15) is 0 Å². The molecule has 0 bridgehead atoms. The molecular formula is C16H23N3O. The lowest BCUT2D eigenvalue weighted by Crippen LogP contribution is -2.22. The van der Waals surface area contributed by atoms with Crippen molar-refractivity contribution in [2.24, 2.45) is 0 Å². The first-order valence-electron chi connectivity index (χ1n) is 7.12. The van der Waals surface area contributed by atoms with Gasteiger partial charge in [-0.15, -0.1) is 0 Å². The first kappa shape index (κ1) is 14.6. The molecule has 1 heterocycles. The summed E-state index contributed by atoms with van der Waals surface area (Å²) >= 11 is 0. The standard InChI is InChI=1S/C16H23N3O/c1-4-19-10-9-18-16(19)15(17-3)8-11-20-14-7-5-6-13(2)12-14/h5-7,9-10,12,15,17H,4,8,11H2,1-3H3. The van der Waals surface area contributed by atoms with Crippen LogP contribution in [0.3, 0.4) is 0 Å². The molecule has 0 aliphatic carbocycles. The zero-order chi connectivity index (χ0) is 14.4. The summed E-state index contributed by atoms with van der Waals surface area (Å²) < 4.78 is 7.97. The number of rotatable bonds is 7. The zero-order valence-corrected chi connectivity index (χ0v) is 12.5. The van der Waals surface area contributed by atoms with Gasteiger partial charge in [0.25, 0.3) is 0 Å². The molecule has 0 radical (unpaired) electrons. The van der Waals surface area contributed by atoms with E-state index >= 15 is 0 Å². The normalized spacial score (nSPS) is 12.3. The molecule has 1 N–H and O–H groups in total. The molecule has 0 fully saturated rings. The molecule has 0 aliphatic heterocycles. The van der Waals surface area contributed by atoms with Gasteiger partial charge < -0.3 is 14.6 Å². The van der Waals surface area contributed by atoms with Crippen LogP contribution in [0.15, 0.2) is 36.7 Å². The Labute approximate surface area is 120 Å². The Kier molecular flexibility index (Phi) is 5.18. The molecule has 0 aliphatic rings. The van der Waals surface area contributed by atoms with E-state index < -0.39 is 0 Å². The van der Waals surface area contributed by atoms with Gasteiger partial charge in [-0.2, -0.15) is 0 Å². The molecule has 4 nitrogen and oxygen atoms in total. The maximum atomic E-state index is 5.81. The molecule has 1 aromatic heterocycles. The first-order chi connectivity index (χ1) is 9.74. The van der Waals surface area contributed by atoms with Gasteiger partial charge in [-0.25, -0.2) is 4.98 Å². The summed E-state index contributed by atoms with van der Waals surface area (Å²) in [6.45, 7) is 5.81. The quantitative estimate of drug-likeness (QED) is 0.843. The fourth-order valence-electron chi connectivity index (χ4n) is 2.30. The highest BCUT2D eigenvalue weighted by Gasteiger charge is 2.14. The molecule has 1 unspecified atom stereocenters. The number of imidazole rings is 1. The highest BCUT2D eigenvalue weighted by Crippen LogP contribution is 2.17. The van der Waals surface area contributed by atoms with Crippen LogP contribution in [-0.4, -0.2) is 23.2 Å². The maximum absolute atomic E-state index is 5.81. The van der Waals surface area contributed by atoms with Crippen LogP contribution in [0.4, 0.5) is 0 Å². The van der Waals surface area contributed by atoms with Crippen molar-refractivity contribution in [1.82, 2.24) is 14.9 Å². The van der Waals surface area contributed by atoms with Crippen LogP contribution in [0.25, 0.3) is 0 Å². The minimum Gasteiger partial charge on any atom is -0.494 e. The molecular weight excluding hydrogens is 250 g/mol. The van der Waals surface area contributed by atoms with Crippen molar-refractivity contribution in [1.29, 1.82) is 0 Å². The van der Waals surface area contributed by atoms with E-state index in [2.05, 4.69) is 40.8 Å². The van der Waals surface area contributed by atoms with Crippen molar-refractivity contribution in [3.05, 3.63) is 48.0 Å². The second kappa shape index (κ2) is 7.10. The number of aromatic nitrogens is 2. The predicted molar refractivity (Wildman–Crippen MR) is 81.0 cm³/mol. The van der Waals surface area contributed by atoms with Crippen LogP contribution >= 0.6 is 0 Å². The van der Waals surface area contributed by atoms with E-state index in [4.69, 9.17) is 4.74 Å². The third-order valence-electron chi connectivity index (χ3n) is 3.41. The van der Waals surface area contributed by atoms with Crippen molar-refractivity contribution < 1.29 is 4.74 Å². The molecule has 4 heteroatoms. The average molecular weight is 273 g/mol. The Balaban J connectivity index is 1.91. The number of hydrogen-bond acceptors (Lipinski definition) is 3. The van der Waals surface area contributed by atoms with Crippen LogP contribution in [0.1, 0.15) is 30.8 Å². The Hall–Kier alpha value is -1.81. The molecule has 2 aromatic rings. The van der Waals surface area contributed by atoms with Crippen LogP contribution in [0.2, 0.25) is 0 Å². The van der Waals surface area contributed by atoms with Gasteiger partial charge in [0.1, 0.15) is 11.6 Å². The number of hydrogen-bond donors (Lipinski definition) is 1. The van der Waals surface area contributed by atoms with E-state index in [-0.39, 0.29) is 6.04 Å². The molecule has 20 heavy (non-hydrogen) atoms. The topological polar surface area (TPSA) is 39.1 Å². The molecule has 1 atom stereocenters. The number of benzene rings is 1. The highest BCUT2D eigenvalue weighted by molar-refractivity contribution is 5.27. The van der Waals surface area contributed by atoms with Gasteiger partial charge in [0.2, 0.25) is 0 Å². The van der Waals surface area contributed by atoms with Gasteiger partial charge in [0.05, 0.1) is 12.6 Å². The Bertz CT molecular complexity index is 536. The number of aryl methyl sites for hydroxylation is 2. The van der Waals surface area contributed by atoms with E-state index in [0.29, 0.717) is 6.61 Å². The summed E-state index contributed by atoms with van der Waals surface area (Å²) in [5.74, 6) is 2.00. The SMILES string of the molecule is CCn1ccnc1C(CCOc1cccc(C)c1)NC. The second-order valence-electron chi connectivity index (χ2n) is 4.87. The van der Waals surface area contributed by atoms with Crippen molar-refractivity contribution in [3.63, 3.8) is 0 Å². The van der Waals surface area contributed by atoms with Crippen molar-refractivity contribution in [2.45, 2.75) is 32.9 Å². The van der Waals surface area contributed by atoms with Crippen molar-refractivity contribution >= 4 is 0 Å². The van der Waals surface area contributed by atoms with Gasteiger partial charge in [-0.05, 0) is 38.6 Å². The lowest BCUT2D eigenvalue weighted by molar-refractivity contribution is 0.285. The van der Waals surface area contributed by atoms with Gasteiger partial charge >= 0.3 is 0 Å². The molecule has 108 valence electrons. The van der Waals surface area contributed by atoms with Crippen LogP contribution in [-0.2, 0) is 6.54 Å². The predicted octanol–water partition coefficient (Wildman–Crippen LogP) is 2.94. The Morgan fingerprint density at radius 2 is 2.25 bits per heavy atom.